The minimum Gasteiger partial charge on any atom is -0.481 e. The number of carboxylic acids is 1. The molecular weight excluding hydrogens is 281 g/mol. The van der Waals surface area contributed by atoms with E-state index >= 15 is 0 Å². The standard InChI is InChI=1S/C16H15F3O2/c1-9-5-3-4-6-11(9)13-8-7-12(15(20)21)10(2)14(13)16(17,18)19/h3-8,10,12H,1-2H3,(H,20,21). The first kappa shape index (κ1) is 15.4. The van der Waals surface area contributed by atoms with Gasteiger partial charge in [0.1, 0.15) is 0 Å². The maximum atomic E-state index is 13.4. The molecule has 0 saturated carbocycles. The zero-order valence-electron chi connectivity index (χ0n) is 11.6. The molecule has 2 atom stereocenters. The molecule has 112 valence electrons. The van der Waals surface area contributed by atoms with Crippen LogP contribution >= 0.6 is 0 Å². The maximum Gasteiger partial charge on any atom is 0.413 e. The van der Waals surface area contributed by atoms with Gasteiger partial charge in [0.25, 0.3) is 0 Å². The normalized spacial score (nSPS) is 22.5. The summed E-state index contributed by atoms with van der Waals surface area (Å²) in [5, 5.41) is 9.06. The van der Waals surface area contributed by atoms with Crippen molar-refractivity contribution < 1.29 is 23.1 Å². The van der Waals surface area contributed by atoms with E-state index in [4.69, 9.17) is 5.11 Å². The van der Waals surface area contributed by atoms with Gasteiger partial charge in [-0.3, -0.25) is 4.79 Å². The fourth-order valence-electron chi connectivity index (χ4n) is 2.70. The molecule has 0 bridgehead atoms. The average molecular weight is 296 g/mol. The Morgan fingerprint density at radius 3 is 2.38 bits per heavy atom. The molecule has 0 heterocycles. The highest BCUT2D eigenvalue weighted by molar-refractivity contribution is 5.84. The van der Waals surface area contributed by atoms with E-state index in [1.807, 2.05) is 0 Å². The molecule has 1 aromatic rings. The van der Waals surface area contributed by atoms with E-state index in [9.17, 15) is 18.0 Å². The van der Waals surface area contributed by atoms with E-state index in [1.54, 1.807) is 31.2 Å². The van der Waals surface area contributed by atoms with Crippen molar-refractivity contribution in [3.05, 3.63) is 53.1 Å². The van der Waals surface area contributed by atoms with E-state index < -0.39 is 29.6 Å². The van der Waals surface area contributed by atoms with Crippen LogP contribution < -0.4 is 0 Å². The number of halogens is 3. The predicted octanol–water partition coefficient (Wildman–Crippen LogP) is 4.22. The third-order valence-electron chi connectivity index (χ3n) is 3.78. The number of aryl methyl sites for hydroxylation is 1. The van der Waals surface area contributed by atoms with Gasteiger partial charge in [0.2, 0.25) is 0 Å². The van der Waals surface area contributed by atoms with Crippen molar-refractivity contribution in [2.45, 2.75) is 20.0 Å². The molecule has 0 amide bonds. The third kappa shape index (κ3) is 2.86. The van der Waals surface area contributed by atoms with Crippen molar-refractivity contribution >= 4 is 11.5 Å². The van der Waals surface area contributed by atoms with Crippen LogP contribution in [0.4, 0.5) is 13.2 Å². The van der Waals surface area contributed by atoms with Crippen LogP contribution in [0.15, 0.2) is 42.0 Å². The molecule has 2 nitrogen and oxygen atoms in total. The zero-order valence-corrected chi connectivity index (χ0v) is 11.6. The summed E-state index contributed by atoms with van der Waals surface area (Å²) in [6.07, 6.45) is -1.94. The van der Waals surface area contributed by atoms with Crippen molar-refractivity contribution in [2.24, 2.45) is 11.8 Å². The Morgan fingerprint density at radius 2 is 1.86 bits per heavy atom. The molecule has 0 spiro atoms. The van der Waals surface area contributed by atoms with Crippen LogP contribution in [0.3, 0.4) is 0 Å². The van der Waals surface area contributed by atoms with Crippen molar-refractivity contribution in [3.63, 3.8) is 0 Å². The van der Waals surface area contributed by atoms with Crippen LogP contribution in [0.1, 0.15) is 18.1 Å². The summed E-state index contributed by atoms with van der Waals surface area (Å²) in [5.74, 6) is -3.53. The summed E-state index contributed by atoms with van der Waals surface area (Å²) in [5.41, 5.74) is 0.494. The lowest BCUT2D eigenvalue weighted by Gasteiger charge is -2.29. The molecule has 0 fully saturated rings. The highest BCUT2D eigenvalue weighted by atomic mass is 19.4. The number of benzene rings is 1. The van der Waals surface area contributed by atoms with Crippen molar-refractivity contribution in [2.75, 3.05) is 0 Å². The molecule has 0 aromatic heterocycles. The van der Waals surface area contributed by atoms with Crippen molar-refractivity contribution in [3.8, 4) is 0 Å². The van der Waals surface area contributed by atoms with Gasteiger partial charge in [-0.15, -0.1) is 0 Å². The summed E-state index contributed by atoms with van der Waals surface area (Å²) in [7, 11) is 0. The summed E-state index contributed by atoms with van der Waals surface area (Å²) >= 11 is 0. The number of hydrogen-bond acceptors (Lipinski definition) is 1. The van der Waals surface area contributed by atoms with Crippen molar-refractivity contribution in [1.82, 2.24) is 0 Å². The Kier molecular flexibility index (Phi) is 3.94. The molecule has 2 rings (SSSR count). The molecule has 0 saturated heterocycles. The van der Waals surface area contributed by atoms with Gasteiger partial charge < -0.3 is 5.11 Å². The molecule has 1 aliphatic rings. The molecule has 0 radical (unpaired) electrons. The number of aliphatic carboxylic acids is 1. The van der Waals surface area contributed by atoms with Crippen LogP contribution in [0, 0.1) is 18.8 Å². The summed E-state index contributed by atoms with van der Waals surface area (Å²) in [6, 6.07) is 6.78. The molecule has 21 heavy (non-hydrogen) atoms. The molecule has 0 aliphatic heterocycles. The molecule has 1 N–H and O–H groups in total. The number of carbonyl (C=O) groups is 1. The molecule has 5 heteroatoms. The lowest BCUT2D eigenvalue weighted by molar-refractivity contribution is -0.142. The summed E-state index contributed by atoms with van der Waals surface area (Å²) < 4.78 is 40.2. The molecule has 1 aromatic carbocycles. The Hall–Kier alpha value is -2.04. The lowest BCUT2D eigenvalue weighted by Crippen LogP contribution is -2.30. The van der Waals surface area contributed by atoms with Crippen molar-refractivity contribution in [1.29, 1.82) is 0 Å². The minimum absolute atomic E-state index is 0.0607. The fraction of sp³-hybridized carbons (Fsp3) is 0.312. The summed E-state index contributed by atoms with van der Waals surface area (Å²) in [6.45, 7) is 3.04. The SMILES string of the molecule is Cc1ccccc1C1=C(C(F)(F)F)C(C)C(C(=O)O)C=C1. The Labute approximate surface area is 120 Å². The largest absolute Gasteiger partial charge is 0.481 e. The number of rotatable bonds is 2. The number of hydrogen-bond donors (Lipinski definition) is 1. The van der Waals surface area contributed by atoms with Crippen LogP contribution in [0.25, 0.3) is 5.57 Å². The number of alkyl halides is 3. The van der Waals surface area contributed by atoms with E-state index in [0.29, 0.717) is 5.56 Å². The van der Waals surface area contributed by atoms with Gasteiger partial charge in [0.15, 0.2) is 0 Å². The highest BCUT2D eigenvalue weighted by Gasteiger charge is 2.44. The lowest BCUT2D eigenvalue weighted by atomic mass is 9.77. The van der Waals surface area contributed by atoms with Gasteiger partial charge in [-0.05, 0) is 23.6 Å². The maximum absolute atomic E-state index is 13.4. The molecular formula is C16H15F3O2. The van der Waals surface area contributed by atoms with Crippen LogP contribution in [-0.4, -0.2) is 17.3 Å². The second-order valence-corrected chi connectivity index (χ2v) is 5.15. The van der Waals surface area contributed by atoms with Crippen LogP contribution in [0.5, 0.6) is 0 Å². The van der Waals surface area contributed by atoms with Gasteiger partial charge in [0.05, 0.1) is 5.92 Å². The van der Waals surface area contributed by atoms with Crippen LogP contribution in [0.2, 0.25) is 0 Å². The van der Waals surface area contributed by atoms with Gasteiger partial charge in [-0.1, -0.05) is 43.3 Å². The monoisotopic (exact) mass is 296 g/mol. The second-order valence-electron chi connectivity index (χ2n) is 5.15. The van der Waals surface area contributed by atoms with E-state index in [0.717, 1.165) is 5.56 Å². The fourth-order valence-corrected chi connectivity index (χ4v) is 2.70. The minimum atomic E-state index is -4.56. The van der Waals surface area contributed by atoms with Gasteiger partial charge in [-0.2, -0.15) is 13.2 Å². The predicted molar refractivity (Wildman–Crippen MR) is 73.6 cm³/mol. The quantitative estimate of drug-likeness (QED) is 0.887. The zero-order chi connectivity index (χ0) is 15.8. The highest BCUT2D eigenvalue weighted by Crippen LogP contribution is 2.44. The first-order valence-corrected chi connectivity index (χ1v) is 6.52. The average Bonchev–Trinajstić information content (AvgIpc) is 2.36. The third-order valence-corrected chi connectivity index (χ3v) is 3.78. The molecule has 2 unspecified atom stereocenters. The smallest absolute Gasteiger partial charge is 0.413 e. The Morgan fingerprint density at radius 1 is 1.24 bits per heavy atom. The van der Waals surface area contributed by atoms with Gasteiger partial charge >= 0.3 is 12.1 Å². The topological polar surface area (TPSA) is 37.3 Å². The first-order chi connectivity index (χ1) is 9.73. The molecule has 1 aliphatic carbocycles. The van der Waals surface area contributed by atoms with E-state index in [-0.39, 0.29) is 5.57 Å². The number of carboxylic acid groups (broad SMARTS) is 1. The first-order valence-electron chi connectivity index (χ1n) is 6.52. The number of allylic oxidation sites excluding steroid dienone is 3. The van der Waals surface area contributed by atoms with E-state index in [1.165, 1.54) is 19.1 Å². The van der Waals surface area contributed by atoms with Gasteiger partial charge in [0, 0.05) is 11.5 Å². The Balaban J connectivity index is 2.65. The second kappa shape index (κ2) is 5.39. The Bertz CT molecular complexity index is 627. The van der Waals surface area contributed by atoms with Crippen LogP contribution in [-0.2, 0) is 4.79 Å². The van der Waals surface area contributed by atoms with Gasteiger partial charge in [-0.25, -0.2) is 0 Å². The summed E-state index contributed by atoms with van der Waals surface area (Å²) in [4.78, 5) is 11.1. The van der Waals surface area contributed by atoms with E-state index in [2.05, 4.69) is 0 Å².